The summed E-state index contributed by atoms with van der Waals surface area (Å²) >= 11 is 0. The number of rotatable bonds is 8. The van der Waals surface area contributed by atoms with Crippen molar-refractivity contribution < 1.29 is 24.0 Å². The molecule has 19 heavy (non-hydrogen) atoms. The molecule has 0 radical (unpaired) electrons. The van der Waals surface area contributed by atoms with Gasteiger partial charge in [0.05, 0.1) is 6.61 Å². The average Bonchev–Trinajstić information content (AvgIpc) is 2.37. The fourth-order valence-electron chi connectivity index (χ4n) is 1.41. The monoisotopic (exact) mass is 279 g/mol. The third kappa shape index (κ3) is 5.95. The number of likely N-dealkylation sites (N-methyl/N-ethyl adjacent to an activating group) is 2. The minimum atomic E-state index is -1.19. The van der Waals surface area contributed by atoms with Crippen molar-refractivity contribution in [3.63, 3.8) is 0 Å². The quantitative estimate of drug-likeness (QED) is 0.463. The van der Waals surface area contributed by atoms with Crippen LogP contribution in [-0.4, -0.2) is 60.0 Å². The Morgan fingerprint density at radius 1 is 1.42 bits per heavy atom. The average molecular weight is 279 g/mol. The molecule has 0 aliphatic rings. The number of hydroxylamine groups is 2. The molecule has 8 heteroatoms. The van der Waals surface area contributed by atoms with E-state index in [1.807, 2.05) is 6.92 Å². The second-order valence-corrected chi connectivity index (χ2v) is 4.22. The zero-order valence-electron chi connectivity index (χ0n) is 11.5. The molecule has 1 amide bonds. The fourth-order valence-corrected chi connectivity index (χ4v) is 1.41. The topological polar surface area (TPSA) is 96.1 Å². The summed E-state index contributed by atoms with van der Waals surface area (Å²) in [5.74, 6) is -1.68. The Labute approximate surface area is 112 Å². The first-order chi connectivity index (χ1) is 8.84. The highest BCUT2D eigenvalue weighted by atomic mass is 19.2. The summed E-state index contributed by atoms with van der Waals surface area (Å²) in [5, 5.41) is 9.65. The number of nitrogens with two attached hydrogens (primary N) is 1. The standard InChI is InChI=1S/C11H22FN3O4/c1-4-5-6-9(10(17)14(2)12)15(3)19-11(18)8(13)7-16/h8-9,16H,4-7,13H2,1-3H3/t8-,9-/m0/s1. The van der Waals surface area contributed by atoms with Crippen molar-refractivity contribution in [2.24, 2.45) is 5.73 Å². The third-order valence-electron chi connectivity index (χ3n) is 2.59. The van der Waals surface area contributed by atoms with Gasteiger partial charge in [-0.3, -0.25) is 4.79 Å². The van der Waals surface area contributed by atoms with E-state index in [-0.39, 0.29) is 5.12 Å². The minimum absolute atomic E-state index is 0.0450. The highest BCUT2D eigenvalue weighted by molar-refractivity contribution is 5.81. The second kappa shape index (κ2) is 8.78. The van der Waals surface area contributed by atoms with E-state index in [0.717, 1.165) is 18.5 Å². The van der Waals surface area contributed by atoms with Gasteiger partial charge in [0.1, 0.15) is 12.1 Å². The molecule has 0 fully saturated rings. The van der Waals surface area contributed by atoms with Crippen LogP contribution in [0.15, 0.2) is 0 Å². The Morgan fingerprint density at radius 2 is 2.00 bits per heavy atom. The number of carbonyl (C=O) groups excluding carboxylic acids is 2. The SMILES string of the molecule is CCCC[C@@H](C(=O)N(C)F)N(C)OC(=O)[C@@H](N)CO. The predicted octanol–water partition coefficient (Wildman–Crippen LogP) is -0.402. The lowest BCUT2D eigenvalue weighted by Gasteiger charge is -2.27. The number of hydrogen-bond acceptors (Lipinski definition) is 6. The number of hydrogen-bond donors (Lipinski definition) is 2. The zero-order chi connectivity index (χ0) is 15.0. The van der Waals surface area contributed by atoms with E-state index in [1.54, 1.807) is 0 Å². The smallest absolute Gasteiger partial charge is 0.344 e. The van der Waals surface area contributed by atoms with Gasteiger partial charge in [0.25, 0.3) is 5.91 Å². The molecule has 0 saturated heterocycles. The molecule has 0 rings (SSSR count). The fraction of sp³-hybridized carbons (Fsp3) is 0.818. The Morgan fingerprint density at radius 3 is 2.42 bits per heavy atom. The van der Waals surface area contributed by atoms with E-state index in [9.17, 15) is 14.1 Å². The molecule has 2 atom stereocenters. The second-order valence-electron chi connectivity index (χ2n) is 4.22. The van der Waals surface area contributed by atoms with Crippen LogP contribution in [-0.2, 0) is 14.4 Å². The highest BCUT2D eigenvalue weighted by Gasteiger charge is 2.29. The molecule has 3 N–H and O–H groups in total. The van der Waals surface area contributed by atoms with E-state index in [2.05, 4.69) is 0 Å². The van der Waals surface area contributed by atoms with Gasteiger partial charge in [0.15, 0.2) is 0 Å². The van der Waals surface area contributed by atoms with Crippen molar-refractivity contribution in [3.05, 3.63) is 0 Å². The van der Waals surface area contributed by atoms with Crippen LogP contribution in [0, 0.1) is 0 Å². The van der Waals surface area contributed by atoms with Crippen molar-refractivity contribution in [2.75, 3.05) is 20.7 Å². The molecular formula is C11H22FN3O4. The summed E-state index contributed by atoms with van der Waals surface area (Å²) in [5.41, 5.74) is 5.28. The molecule has 0 spiro atoms. The number of aliphatic hydroxyl groups is 1. The Hall–Kier alpha value is -1.25. The molecule has 0 aliphatic heterocycles. The minimum Gasteiger partial charge on any atom is -0.394 e. The molecule has 0 unspecified atom stereocenters. The maximum atomic E-state index is 12.9. The van der Waals surface area contributed by atoms with Crippen molar-refractivity contribution in [1.82, 2.24) is 10.2 Å². The molecular weight excluding hydrogens is 257 g/mol. The first kappa shape index (κ1) is 17.8. The van der Waals surface area contributed by atoms with Crippen LogP contribution in [0.3, 0.4) is 0 Å². The van der Waals surface area contributed by atoms with Crippen molar-refractivity contribution in [3.8, 4) is 0 Å². The third-order valence-corrected chi connectivity index (χ3v) is 2.59. The zero-order valence-corrected chi connectivity index (χ0v) is 11.5. The van der Waals surface area contributed by atoms with Gasteiger partial charge in [0, 0.05) is 14.1 Å². The summed E-state index contributed by atoms with van der Waals surface area (Å²) in [7, 11) is 2.33. The van der Waals surface area contributed by atoms with Crippen LogP contribution in [0.5, 0.6) is 0 Å². The van der Waals surface area contributed by atoms with Crippen LogP contribution >= 0.6 is 0 Å². The van der Waals surface area contributed by atoms with Gasteiger partial charge in [-0.1, -0.05) is 24.2 Å². The van der Waals surface area contributed by atoms with Crippen LogP contribution in [0.2, 0.25) is 0 Å². The lowest BCUT2D eigenvalue weighted by Crippen LogP contribution is -2.47. The van der Waals surface area contributed by atoms with E-state index >= 15 is 0 Å². The lowest BCUT2D eigenvalue weighted by atomic mass is 10.1. The van der Waals surface area contributed by atoms with Crippen molar-refractivity contribution in [2.45, 2.75) is 38.3 Å². The van der Waals surface area contributed by atoms with Gasteiger partial charge < -0.3 is 15.7 Å². The Kier molecular flexibility index (Phi) is 8.21. The summed E-state index contributed by atoms with van der Waals surface area (Å²) in [4.78, 5) is 27.9. The largest absolute Gasteiger partial charge is 0.394 e. The number of halogens is 1. The van der Waals surface area contributed by atoms with Crippen LogP contribution in [0.1, 0.15) is 26.2 Å². The van der Waals surface area contributed by atoms with Crippen LogP contribution in [0.4, 0.5) is 4.48 Å². The highest BCUT2D eigenvalue weighted by Crippen LogP contribution is 2.11. The summed E-state index contributed by atoms with van der Waals surface area (Å²) in [6.45, 7) is 1.36. The van der Waals surface area contributed by atoms with Gasteiger partial charge in [-0.15, -0.1) is 5.06 Å². The molecule has 0 aromatic heterocycles. The first-order valence-corrected chi connectivity index (χ1v) is 6.09. The van der Waals surface area contributed by atoms with Crippen LogP contribution < -0.4 is 5.73 Å². The maximum absolute atomic E-state index is 12.9. The van der Waals surface area contributed by atoms with E-state index in [1.165, 1.54) is 7.05 Å². The van der Waals surface area contributed by atoms with Gasteiger partial charge in [-0.2, -0.15) is 5.12 Å². The lowest BCUT2D eigenvalue weighted by molar-refractivity contribution is -0.203. The van der Waals surface area contributed by atoms with E-state index in [4.69, 9.17) is 15.7 Å². The predicted molar refractivity (Wildman–Crippen MR) is 66.1 cm³/mol. The number of unbranched alkanes of at least 4 members (excludes halogenated alkanes) is 1. The molecule has 0 aromatic carbocycles. The number of carbonyl (C=O) groups is 2. The molecule has 0 aliphatic carbocycles. The molecule has 0 saturated carbocycles. The normalized spacial score (nSPS) is 14.1. The van der Waals surface area contributed by atoms with Gasteiger partial charge in [-0.05, 0) is 6.42 Å². The number of amides is 1. The van der Waals surface area contributed by atoms with Gasteiger partial charge >= 0.3 is 5.97 Å². The molecule has 0 bridgehead atoms. The summed E-state index contributed by atoms with van der Waals surface area (Å²) in [6, 6.07) is -2.10. The van der Waals surface area contributed by atoms with Crippen molar-refractivity contribution >= 4 is 11.9 Å². The first-order valence-electron chi connectivity index (χ1n) is 6.09. The molecule has 112 valence electrons. The molecule has 0 aromatic rings. The van der Waals surface area contributed by atoms with E-state index < -0.39 is 30.6 Å². The summed E-state index contributed by atoms with van der Waals surface area (Å²) < 4.78 is 12.9. The Bertz CT molecular complexity index is 302. The molecule has 7 nitrogen and oxygen atoms in total. The van der Waals surface area contributed by atoms with Crippen LogP contribution in [0.25, 0.3) is 0 Å². The Balaban J connectivity index is 4.66. The summed E-state index contributed by atoms with van der Waals surface area (Å²) in [6.07, 6.45) is 1.84. The van der Waals surface area contributed by atoms with E-state index in [0.29, 0.717) is 12.8 Å². The van der Waals surface area contributed by atoms with Crippen molar-refractivity contribution in [1.29, 1.82) is 0 Å². The maximum Gasteiger partial charge on any atom is 0.344 e. The number of nitrogens with zero attached hydrogens (tertiary/aromatic N) is 2. The van der Waals surface area contributed by atoms with Gasteiger partial charge in [-0.25, -0.2) is 4.79 Å². The number of aliphatic hydroxyl groups excluding tert-OH is 1. The van der Waals surface area contributed by atoms with Gasteiger partial charge in [0.2, 0.25) is 0 Å². The molecule has 0 heterocycles.